The van der Waals surface area contributed by atoms with E-state index < -0.39 is 5.60 Å². The van der Waals surface area contributed by atoms with Crippen molar-refractivity contribution in [1.29, 1.82) is 0 Å². The molecule has 1 amide bonds. The Balaban J connectivity index is 1.24. The van der Waals surface area contributed by atoms with E-state index in [0.717, 1.165) is 22.4 Å². The Bertz CT molecular complexity index is 975. The lowest BCUT2D eigenvalue weighted by Crippen LogP contribution is -2.46. The Kier molecular flexibility index (Phi) is 6.01. The van der Waals surface area contributed by atoms with Crippen molar-refractivity contribution < 1.29 is 14.6 Å². The Labute approximate surface area is 176 Å². The number of fused-ring (bicyclic) bond motifs is 1. The maximum atomic E-state index is 12.3. The van der Waals surface area contributed by atoms with Gasteiger partial charge in [0.05, 0.1) is 30.3 Å². The van der Waals surface area contributed by atoms with Crippen LogP contribution in [0.15, 0.2) is 48.5 Å². The number of likely N-dealkylation sites (tertiary alicyclic amines) is 1. The summed E-state index contributed by atoms with van der Waals surface area (Å²) < 4.78 is 5.41. The molecule has 3 aromatic rings. The average molecular weight is 409 g/mol. The van der Waals surface area contributed by atoms with Crippen LogP contribution in [0.4, 0.5) is 0 Å². The molecule has 7 nitrogen and oxygen atoms in total. The molecular formula is C23H28N4O3. The fourth-order valence-corrected chi connectivity index (χ4v) is 4.08. The molecular weight excluding hydrogens is 380 g/mol. The highest BCUT2D eigenvalue weighted by atomic mass is 16.5. The SMILES string of the molecule is COc1ccccc1C1(O)CCN(CC(=O)NCCc2nc3ccccc3[nH]2)CC1. The van der Waals surface area contributed by atoms with Crippen LogP contribution < -0.4 is 10.1 Å². The summed E-state index contributed by atoms with van der Waals surface area (Å²) in [5, 5.41) is 14.1. The van der Waals surface area contributed by atoms with Gasteiger partial charge in [-0.3, -0.25) is 9.69 Å². The summed E-state index contributed by atoms with van der Waals surface area (Å²) in [6.45, 7) is 2.19. The van der Waals surface area contributed by atoms with Crippen LogP contribution in [0.5, 0.6) is 5.75 Å². The lowest BCUT2D eigenvalue weighted by atomic mass is 9.84. The van der Waals surface area contributed by atoms with Gasteiger partial charge in [0.15, 0.2) is 0 Å². The Morgan fingerprint density at radius 2 is 1.93 bits per heavy atom. The molecule has 0 radical (unpaired) electrons. The Hall–Kier alpha value is -2.90. The highest BCUT2D eigenvalue weighted by Crippen LogP contribution is 2.37. The Morgan fingerprint density at radius 3 is 2.70 bits per heavy atom. The minimum Gasteiger partial charge on any atom is -0.496 e. The average Bonchev–Trinajstić information content (AvgIpc) is 3.18. The number of para-hydroxylation sites is 3. The molecule has 7 heteroatoms. The van der Waals surface area contributed by atoms with E-state index in [4.69, 9.17) is 4.74 Å². The summed E-state index contributed by atoms with van der Waals surface area (Å²) in [7, 11) is 1.62. The predicted molar refractivity (Wildman–Crippen MR) is 115 cm³/mol. The van der Waals surface area contributed by atoms with Gasteiger partial charge in [-0.05, 0) is 31.0 Å². The normalized spacial score (nSPS) is 16.5. The number of benzene rings is 2. The molecule has 0 saturated carbocycles. The zero-order chi connectivity index (χ0) is 21.0. The highest BCUT2D eigenvalue weighted by Gasteiger charge is 2.36. The smallest absolute Gasteiger partial charge is 0.234 e. The van der Waals surface area contributed by atoms with Crippen molar-refractivity contribution in [3.63, 3.8) is 0 Å². The highest BCUT2D eigenvalue weighted by molar-refractivity contribution is 5.78. The van der Waals surface area contributed by atoms with Gasteiger partial charge in [-0.2, -0.15) is 0 Å². The van der Waals surface area contributed by atoms with E-state index in [2.05, 4.69) is 20.2 Å². The molecule has 0 spiro atoms. The standard InChI is InChI=1S/C23H28N4O3/c1-30-20-9-5-2-6-17(20)23(29)11-14-27(15-12-23)16-22(28)24-13-10-21-25-18-7-3-4-8-19(18)26-21/h2-9,29H,10-16H2,1H3,(H,24,28)(H,25,26). The van der Waals surface area contributed by atoms with Crippen LogP contribution in [0.2, 0.25) is 0 Å². The lowest BCUT2D eigenvalue weighted by molar-refractivity contribution is -0.123. The quantitative estimate of drug-likeness (QED) is 0.558. The third kappa shape index (κ3) is 4.47. The third-order valence-corrected chi connectivity index (χ3v) is 5.78. The van der Waals surface area contributed by atoms with Crippen molar-refractivity contribution in [2.45, 2.75) is 24.9 Å². The molecule has 0 bridgehead atoms. The molecule has 1 aromatic heterocycles. The second kappa shape index (κ2) is 8.85. The first-order valence-electron chi connectivity index (χ1n) is 10.4. The number of aliphatic hydroxyl groups is 1. The second-order valence-corrected chi connectivity index (χ2v) is 7.81. The van der Waals surface area contributed by atoms with Crippen molar-refractivity contribution in [2.24, 2.45) is 0 Å². The van der Waals surface area contributed by atoms with Crippen molar-refractivity contribution >= 4 is 16.9 Å². The number of aromatic nitrogens is 2. The predicted octanol–water partition coefficient (Wildman–Crippen LogP) is 2.21. The number of imidazole rings is 1. The van der Waals surface area contributed by atoms with Crippen molar-refractivity contribution in [2.75, 3.05) is 33.3 Å². The molecule has 158 valence electrons. The lowest BCUT2D eigenvalue weighted by Gasteiger charge is -2.38. The molecule has 1 aliphatic heterocycles. The van der Waals surface area contributed by atoms with Crippen LogP contribution in [-0.2, 0) is 16.8 Å². The molecule has 0 atom stereocenters. The van der Waals surface area contributed by atoms with Crippen LogP contribution in [-0.4, -0.2) is 59.2 Å². The number of hydrogen-bond donors (Lipinski definition) is 3. The van der Waals surface area contributed by atoms with E-state index in [0.29, 0.717) is 51.2 Å². The van der Waals surface area contributed by atoms with Crippen molar-refractivity contribution in [3.05, 3.63) is 59.9 Å². The summed E-state index contributed by atoms with van der Waals surface area (Å²) in [5.41, 5.74) is 1.85. The molecule has 2 heterocycles. The number of rotatable bonds is 7. The number of ether oxygens (including phenoxy) is 1. The fourth-order valence-electron chi connectivity index (χ4n) is 4.08. The van der Waals surface area contributed by atoms with E-state index in [9.17, 15) is 9.90 Å². The molecule has 3 N–H and O–H groups in total. The minimum absolute atomic E-state index is 0.00570. The van der Waals surface area contributed by atoms with Crippen LogP contribution >= 0.6 is 0 Å². The monoisotopic (exact) mass is 408 g/mol. The topological polar surface area (TPSA) is 90.5 Å². The van der Waals surface area contributed by atoms with Gasteiger partial charge in [-0.25, -0.2) is 4.98 Å². The zero-order valence-corrected chi connectivity index (χ0v) is 17.2. The van der Waals surface area contributed by atoms with Gasteiger partial charge in [0.1, 0.15) is 11.6 Å². The second-order valence-electron chi connectivity index (χ2n) is 7.81. The number of amides is 1. The number of piperidine rings is 1. The van der Waals surface area contributed by atoms with Gasteiger partial charge in [0.25, 0.3) is 0 Å². The molecule has 0 aliphatic carbocycles. The number of nitrogens with one attached hydrogen (secondary N) is 2. The summed E-state index contributed by atoms with van der Waals surface area (Å²) in [6, 6.07) is 15.5. The summed E-state index contributed by atoms with van der Waals surface area (Å²) in [5.74, 6) is 1.57. The van der Waals surface area contributed by atoms with Crippen LogP contribution in [0.3, 0.4) is 0 Å². The van der Waals surface area contributed by atoms with Crippen molar-refractivity contribution in [1.82, 2.24) is 20.2 Å². The van der Waals surface area contributed by atoms with Gasteiger partial charge in [-0.15, -0.1) is 0 Å². The Morgan fingerprint density at radius 1 is 1.20 bits per heavy atom. The largest absolute Gasteiger partial charge is 0.496 e. The molecule has 30 heavy (non-hydrogen) atoms. The number of carbonyl (C=O) groups is 1. The minimum atomic E-state index is -0.916. The molecule has 0 unspecified atom stereocenters. The first-order chi connectivity index (χ1) is 14.6. The van der Waals surface area contributed by atoms with Gasteiger partial charge < -0.3 is 20.1 Å². The molecule has 1 saturated heterocycles. The number of aromatic amines is 1. The number of carbonyl (C=O) groups excluding carboxylic acids is 1. The van der Waals surface area contributed by atoms with E-state index >= 15 is 0 Å². The van der Waals surface area contributed by atoms with Gasteiger partial charge in [0, 0.05) is 31.6 Å². The van der Waals surface area contributed by atoms with Crippen LogP contribution in [0, 0.1) is 0 Å². The number of hydrogen-bond acceptors (Lipinski definition) is 5. The van der Waals surface area contributed by atoms with E-state index in [1.807, 2.05) is 48.5 Å². The summed E-state index contributed by atoms with van der Waals surface area (Å²) in [6.07, 6.45) is 1.80. The van der Waals surface area contributed by atoms with E-state index in [1.54, 1.807) is 7.11 Å². The van der Waals surface area contributed by atoms with Crippen LogP contribution in [0.25, 0.3) is 11.0 Å². The third-order valence-electron chi connectivity index (χ3n) is 5.78. The summed E-state index contributed by atoms with van der Waals surface area (Å²) in [4.78, 5) is 22.2. The van der Waals surface area contributed by atoms with Gasteiger partial charge in [-0.1, -0.05) is 30.3 Å². The maximum absolute atomic E-state index is 12.3. The van der Waals surface area contributed by atoms with Crippen LogP contribution in [0.1, 0.15) is 24.2 Å². The van der Waals surface area contributed by atoms with E-state index in [-0.39, 0.29) is 5.91 Å². The summed E-state index contributed by atoms with van der Waals surface area (Å²) >= 11 is 0. The number of H-pyrrole nitrogens is 1. The number of methoxy groups -OCH3 is 1. The number of nitrogens with zero attached hydrogens (tertiary/aromatic N) is 2. The zero-order valence-electron chi connectivity index (χ0n) is 17.2. The first kappa shape index (κ1) is 20.4. The van der Waals surface area contributed by atoms with Crippen molar-refractivity contribution in [3.8, 4) is 5.75 Å². The fraction of sp³-hybridized carbons (Fsp3) is 0.391. The molecule has 1 aliphatic rings. The molecule has 2 aromatic carbocycles. The van der Waals surface area contributed by atoms with Gasteiger partial charge >= 0.3 is 0 Å². The first-order valence-corrected chi connectivity index (χ1v) is 10.4. The molecule has 1 fully saturated rings. The molecule has 4 rings (SSSR count). The van der Waals surface area contributed by atoms with E-state index in [1.165, 1.54) is 0 Å². The maximum Gasteiger partial charge on any atom is 0.234 e. The van der Waals surface area contributed by atoms with Gasteiger partial charge in [0.2, 0.25) is 5.91 Å².